The molecule has 0 unspecified atom stereocenters. The summed E-state index contributed by atoms with van der Waals surface area (Å²) in [7, 11) is 0. The van der Waals surface area contributed by atoms with Gasteiger partial charge < -0.3 is 0 Å². The third-order valence-corrected chi connectivity index (χ3v) is 5.54. The van der Waals surface area contributed by atoms with Gasteiger partial charge in [0, 0.05) is 11.8 Å². The van der Waals surface area contributed by atoms with Crippen molar-refractivity contribution in [1.29, 1.82) is 0 Å². The van der Waals surface area contributed by atoms with Crippen molar-refractivity contribution in [3.63, 3.8) is 0 Å². The van der Waals surface area contributed by atoms with Crippen molar-refractivity contribution >= 4 is 46.4 Å². The van der Waals surface area contributed by atoms with Gasteiger partial charge in [0.15, 0.2) is 0 Å². The van der Waals surface area contributed by atoms with Gasteiger partial charge in [0.1, 0.15) is 0 Å². The van der Waals surface area contributed by atoms with Gasteiger partial charge in [-0.2, -0.15) is 0 Å². The first-order chi connectivity index (χ1) is 8.45. The predicted octanol–water partition coefficient (Wildman–Crippen LogP) is 6.39. The normalized spacial score (nSPS) is 23.8. The summed E-state index contributed by atoms with van der Waals surface area (Å²) < 4.78 is 0. The second-order valence-corrected chi connectivity index (χ2v) is 6.39. The molecule has 0 aliphatic heterocycles. The highest BCUT2D eigenvalue weighted by Crippen LogP contribution is 2.60. The zero-order chi connectivity index (χ0) is 13.2. The highest BCUT2D eigenvalue weighted by molar-refractivity contribution is 6.52. The van der Waals surface area contributed by atoms with Crippen molar-refractivity contribution in [2.45, 2.75) is 25.7 Å². The van der Waals surface area contributed by atoms with Gasteiger partial charge in [-0.05, 0) is 30.5 Å². The van der Waals surface area contributed by atoms with Gasteiger partial charge in [0.05, 0.1) is 20.1 Å². The third-order valence-electron chi connectivity index (χ3n) is 3.71. The maximum absolute atomic E-state index is 6.35. The molecule has 0 saturated carbocycles. The fourth-order valence-corrected chi connectivity index (χ4v) is 4.14. The van der Waals surface area contributed by atoms with Gasteiger partial charge in [0.25, 0.3) is 0 Å². The summed E-state index contributed by atoms with van der Waals surface area (Å²) in [5, 5.41) is 1.79. The van der Waals surface area contributed by atoms with E-state index >= 15 is 0 Å². The number of hydrogen-bond acceptors (Lipinski definition) is 0. The molecular formula is C14H10Cl4. The van der Waals surface area contributed by atoms with Crippen LogP contribution in [0, 0.1) is 0 Å². The Bertz CT molecular complexity index is 574. The molecule has 0 radical (unpaired) electrons. The number of hydrogen-bond donors (Lipinski definition) is 0. The molecule has 0 aromatic heterocycles. The number of fused-ring (bicyclic) bond motifs is 5. The number of halogens is 4. The fourth-order valence-electron chi connectivity index (χ4n) is 3.02. The lowest BCUT2D eigenvalue weighted by atomic mass is 9.97. The van der Waals surface area contributed by atoms with E-state index in [-0.39, 0.29) is 11.8 Å². The molecular weight excluding hydrogens is 310 g/mol. The maximum Gasteiger partial charge on any atom is 0.0797 e. The summed E-state index contributed by atoms with van der Waals surface area (Å²) in [4.78, 5) is 0. The van der Waals surface area contributed by atoms with E-state index < -0.39 is 0 Å². The number of rotatable bonds is 0. The molecule has 2 bridgehead atoms. The molecule has 4 heteroatoms. The minimum Gasteiger partial charge on any atom is -0.0823 e. The molecule has 0 saturated heterocycles. The standard InChI is InChI=1S/C14H10Cl4/c1-5(2)8-6-3-4-7(8)10-9(6)11(15)13(17)14(18)12(10)16/h3-4,6-7H,1-2H3/t6-,7+. The molecule has 2 atom stereocenters. The second-order valence-electron chi connectivity index (χ2n) is 4.88. The van der Waals surface area contributed by atoms with Crippen molar-refractivity contribution < 1.29 is 0 Å². The molecule has 1 aromatic rings. The van der Waals surface area contributed by atoms with E-state index in [4.69, 9.17) is 46.4 Å². The number of benzene rings is 1. The Labute approximate surface area is 126 Å². The van der Waals surface area contributed by atoms with Gasteiger partial charge in [-0.3, -0.25) is 0 Å². The lowest BCUT2D eigenvalue weighted by Crippen LogP contribution is -1.97. The Morgan fingerprint density at radius 1 is 0.778 bits per heavy atom. The van der Waals surface area contributed by atoms with Crippen LogP contribution in [-0.4, -0.2) is 0 Å². The summed E-state index contributed by atoms with van der Waals surface area (Å²) in [5.74, 6) is 0.407. The summed E-state index contributed by atoms with van der Waals surface area (Å²) in [6, 6.07) is 0. The largest absolute Gasteiger partial charge is 0.0823 e. The highest BCUT2D eigenvalue weighted by atomic mass is 35.5. The van der Waals surface area contributed by atoms with Crippen LogP contribution in [-0.2, 0) is 0 Å². The zero-order valence-corrected chi connectivity index (χ0v) is 12.8. The third kappa shape index (κ3) is 1.47. The van der Waals surface area contributed by atoms with Gasteiger partial charge >= 0.3 is 0 Å². The molecule has 0 N–H and O–H groups in total. The molecule has 2 aliphatic carbocycles. The quantitative estimate of drug-likeness (QED) is 0.295. The van der Waals surface area contributed by atoms with E-state index in [2.05, 4.69) is 26.0 Å². The first kappa shape index (κ1) is 12.9. The van der Waals surface area contributed by atoms with E-state index in [1.165, 1.54) is 11.1 Å². The van der Waals surface area contributed by atoms with Gasteiger partial charge in [-0.1, -0.05) is 64.1 Å². The Hall–Kier alpha value is -0.140. The van der Waals surface area contributed by atoms with Crippen LogP contribution < -0.4 is 0 Å². The lowest BCUT2D eigenvalue weighted by Gasteiger charge is -2.16. The second kappa shape index (κ2) is 4.18. The van der Waals surface area contributed by atoms with E-state index in [1.54, 1.807) is 0 Å². The van der Waals surface area contributed by atoms with E-state index in [0.29, 0.717) is 20.1 Å². The molecule has 94 valence electrons. The molecule has 0 amide bonds. The first-order valence-corrected chi connectivity index (χ1v) is 7.17. The fraction of sp³-hybridized carbons (Fsp3) is 0.286. The van der Waals surface area contributed by atoms with Crippen LogP contribution in [0.4, 0.5) is 0 Å². The lowest BCUT2D eigenvalue weighted by molar-refractivity contribution is 0.992. The van der Waals surface area contributed by atoms with Crippen LogP contribution in [0.2, 0.25) is 20.1 Å². The summed E-state index contributed by atoms with van der Waals surface area (Å²) in [5.41, 5.74) is 4.71. The van der Waals surface area contributed by atoms with E-state index in [1.807, 2.05) is 0 Å². The minimum atomic E-state index is 0.203. The predicted molar refractivity (Wildman–Crippen MR) is 79.5 cm³/mol. The molecule has 1 aromatic carbocycles. The Kier molecular flexibility index (Phi) is 2.99. The van der Waals surface area contributed by atoms with E-state index in [0.717, 1.165) is 11.1 Å². The zero-order valence-electron chi connectivity index (χ0n) is 9.82. The van der Waals surface area contributed by atoms with Gasteiger partial charge in [-0.15, -0.1) is 0 Å². The van der Waals surface area contributed by atoms with Crippen molar-refractivity contribution in [2.75, 3.05) is 0 Å². The van der Waals surface area contributed by atoms with Crippen molar-refractivity contribution in [3.8, 4) is 0 Å². The van der Waals surface area contributed by atoms with Crippen LogP contribution >= 0.6 is 46.4 Å². The Morgan fingerprint density at radius 3 is 1.50 bits per heavy atom. The van der Waals surface area contributed by atoms with Crippen molar-refractivity contribution in [2.24, 2.45) is 0 Å². The Morgan fingerprint density at radius 2 is 1.17 bits per heavy atom. The van der Waals surface area contributed by atoms with Crippen LogP contribution in [0.3, 0.4) is 0 Å². The summed E-state index contributed by atoms with van der Waals surface area (Å²) in [6.45, 7) is 4.22. The topological polar surface area (TPSA) is 0 Å². The smallest absolute Gasteiger partial charge is 0.0797 e. The van der Waals surface area contributed by atoms with Gasteiger partial charge in [-0.25, -0.2) is 0 Å². The highest BCUT2D eigenvalue weighted by Gasteiger charge is 2.42. The van der Waals surface area contributed by atoms with Gasteiger partial charge in [0.2, 0.25) is 0 Å². The van der Waals surface area contributed by atoms with Crippen LogP contribution in [0.15, 0.2) is 23.3 Å². The summed E-state index contributed by atoms with van der Waals surface area (Å²) >= 11 is 25.0. The van der Waals surface area contributed by atoms with E-state index in [9.17, 15) is 0 Å². The summed E-state index contributed by atoms with van der Waals surface area (Å²) in [6.07, 6.45) is 4.34. The SMILES string of the molecule is CC(C)=C1[C@H]2C=C[C@@H]1c1c(Cl)c(Cl)c(Cl)c(Cl)c12. The van der Waals surface area contributed by atoms with Crippen molar-refractivity contribution in [1.82, 2.24) is 0 Å². The Balaban J connectivity index is 2.38. The average molecular weight is 320 g/mol. The molecule has 18 heavy (non-hydrogen) atoms. The average Bonchev–Trinajstić information content (AvgIpc) is 2.88. The van der Waals surface area contributed by atoms with Crippen molar-refractivity contribution in [3.05, 3.63) is 54.5 Å². The van der Waals surface area contributed by atoms with Crippen LogP contribution in [0.1, 0.15) is 36.8 Å². The molecule has 0 fully saturated rings. The monoisotopic (exact) mass is 318 g/mol. The first-order valence-electron chi connectivity index (χ1n) is 5.66. The molecule has 0 nitrogen and oxygen atoms in total. The molecule has 0 spiro atoms. The maximum atomic E-state index is 6.35. The molecule has 2 aliphatic rings. The van der Waals surface area contributed by atoms with Crippen LogP contribution in [0.25, 0.3) is 0 Å². The van der Waals surface area contributed by atoms with Crippen LogP contribution in [0.5, 0.6) is 0 Å². The molecule has 0 heterocycles. The minimum absolute atomic E-state index is 0.203. The number of allylic oxidation sites excluding steroid dienone is 4. The molecule has 3 rings (SSSR count).